The minimum Gasteiger partial charge on any atom is -0.350 e. The van der Waals surface area contributed by atoms with E-state index < -0.39 is 0 Å². The number of rotatable bonds is 2. The quantitative estimate of drug-likeness (QED) is 0.732. The van der Waals surface area contributed by atoms with Crippen LogP contribution in [0.5, 0.6) is 0 Å². The lowest BCUT2D eigenvalue weighted by Crippen LogP contribution is -2.06. The van der Waals surface area contributed by atoms with Crippen LogP contribution in [0.1, 0.15) is 13.3 Å². The molecular formula is C9H10ClNS. The first-order valence-corrected chi connectivity index (χ1v) is 4.56. The van der Waals surface area contributed by atoms with Crippen molar-refractivity contribution in [3.63, 3.8) is 0 Å². The zero-order chi connectivity index (χ0) is 8.97. The average molecular weight is 200 g/mol. The number of anilines is 1. The van der Waals surface area contributed by atoms with Crippen LogP contribution in [-0.2, 0) is 0 Å². The molecule has 0 unspecified atom stereocenters. The topological polar surface area (TPSA) is 12.0 Å². The van der Waals surface area contributed by atoms with E-state index in [1.54, 1.807) is 0 Å². The van der Waals surface area contributed by atoms with Crippen molar-refractivity contribution in [2.75, 3.05) is 5.32 Å². The second kappa shape index (κ2) is 4.43. The second-order valence-corrected chi connectivity index (χ2v) is 3.34. The first kappa shape index (κ1) is 9.49. The van der Waals surface area contributed by atoms with Crippen LogP contribution in [-0.4, -0.2) is 4.99 Å². The molecule has 0 aliphatic heterocycles. The fourth-order valence-electron chi connectivity index (χ4n) is 0.816. The summed E-state index contributed by atoms with van der Waals surface area (Å²) in [5.41, 5.74) is 0.953. The first-order chi connectivity index (χ1) is 5.72. The van der Waals surface area contributed by atoms with Crippen LogP contribution in [0, 0.1) is 0 Å². The molecule has 0 aromatic heterocycles. The van der Waals surface area contributed by atoms with Crippen LogP contribution in [0.25, 0.3) is 0 Å². The number of thiocarbonyl (C=S) groups is 1. The number of hydrogen-bond donors (Lipinski definition) is 1. The highest BCUT2D eigenvalue weighted by atomic mass is 35.5. The molecule has 0 fully saturated rings. The minimum absolute atomic E-state index is 0.721. The molecule has 0 aliphatic carbocycles. The molecule has 0 aliphatic rings. The summed E-state index contributed by atoms with van der Waals surface area (Å²) in [4.78, 5) is 0.831. The highest BCUT2D eigenvalue weighted by Crippen LogP contribution is 2.15. The first-order valence-electron chi connectivity index (χ1n) is 3.78. The third kappa shape index (κ3) is 2.80. The van der Waals surface area contributed by atoms with Crippen LogP contribution >= 0.6 is 23.8 Å². The van der Waals surface area contributed by atoms with Gasteiger partial charge < -0.3 is 5.32 Å². The van der Waals surface area contributed by atoms with E-state index in [-0.39, 0.29) is 0 Å². The Kier molecular flexibility index (Phi) is 3.50. The van der Waals surface area contributed by atoms with E-state index in [0.29, 0.717) is 0 Å². The van der Waals surface area contributed by atoms with Gasteiger partial charge in [-0.05, 0) is 24.6 Å². The van der Waals surface area contributed by atoms with Gasteiger partial charge in [-0.2, -0.15) is 0 Å². The summed E-state index contributed by atoms with van der Waals surface area (Å²) in [6, 6.07) is 7.52. The SMILES string of the molecule is CCC(=S)Nc1cccc(Cl)c1. The van der Waals surface area contributed by atoms with Crippen molar-refractivity contribution in [2.45, 2.75) is 13.3 Å². The minimum atomic E-state index is 0.721. The number of benzene rings is 1. The number of hydrogen-bond acceptors (Lipinski definition) is 1. The highest BCUT2D eigenvalue weighted by molar-refractivity contribution is 7.80. The van der Waals surface area contributed by atoms with Gasteiger partial charge in [0.15, 0.2) is 0 Å². The Balaban J connectivity index is 2.69. The van der Waals surface area contributed by atoms with E-state index in [4.69, 9.17) is 23.8 Å². The molecule has 64 valence electrons. The Bertz CT molecular complexity index is 286. The lowest BCUT2D eigenvalue weighted by Gasteiger charge is -2.05. The van der Waals surface area contributed by atoms with Crippen LogP contribution in [0.15, 0.2) is 24.3 Å². The van der Waals surface area contributed by atoms with E-state index >= 15 is 0 Å². The van der Waals surface area contributed by atoms with Crippen LogP contribution in [0.4, 0.5) is 5.69 Å². The monoisotopic (exact) mass is 199 g/mol. The Labute approximate surface area is 82.7 Å². The van der Waals surface area contributed by atoms with Crippen molar-refractivity contribution >= 4 is 34.5 Å². The van der Waals surface area contributed by atoms with Gasteiger partial charge in [-0.25, -0.2) is 0 Å². The van der Waals surface area contributed by atoms with E-state index in [9.17, 15) is 0 Å². The van der Waals surface area contributed by atoms with Gasteiger partial charge in [0, 0.05) is 10.7 Å². The van der Waals surface area contributed by atoms with E-state index in [1.165, 1.54) is 0 Å². The van der Waals surface area contributed by atoms with Crippen molar-refractivity contribution < 1.29 is 0 Å². The largest absolute Gasteiger partial charge is 0.350 e. The maximum absolute atomic E-state index is 5.79. The normalized spacial score (nSPS) is 9.50. The summed E-state index contributed by atoms with van der Waals surface area (Å²) in [7, 11) is 0. The summed E-state index contributed by atoms with van der Waals surface area (Å²) in [6.45, 7) is 2.01. The number of nitrogens with one attached hydrogen (secondary N) is 1. The van der Waals surface area contributed by atoms with E-state index in [1.807, 2.05) is 31.2 Å². The molecule has 0 amide bonds. The van der Waals surface area contributed by atoms with Gasteiger partial charge in [-0.3, -0.25) is 0 Å². The molecule has 0 bridgehead atoms. The van der Waals surface area contributed by atoms with Gasteiger partial charge in [0.2, 0.25) is 0 Å². The summed E-state index contributed by atoms with van der Waals surface area (Å²) in [5, 5.41) is 3.80. The van der Waals surface area contributed by atoms with Crippen molar-refractivity contribution in [3.05, 3.63) is 29.3 Å². The van der Waals surface area contributed by atoms with Crippen molar-refractivity contribution in [2.24, 2.45) is 0 Å². The zero-order valence-corrected chi connectivity index (χ0v) is 8.38. The molecule has 0 saturated carbocycles. The van der Waals surface area contributed by atoms with Gasteiger partial charge in [0.05, 0.1) is 4.99 Å². The van der Waals surface area contributed by atoms with E-state index in [0.717, 1.165) is 22.1 Å². The zero-order valence-electron chi connectivity index (χ0n) is 6.80. The lowest BCUT2D eigenvalue weighted by atomic mass is 10.3. The molecule has 1 N–H and O–H groups in total. The Morgan fingerprint density at radius 1 is 1.58 bits per heavy atom. The smallest absolute Gasteiger partial charge is 0.0794 e. The molecule has 0 atom stereocenters. The third-order valence-electron chi connectivity index (χ3n) is 1.43. The standard InChI is InChI=1S/C9H10ClNS/c1-2-9(12)11-8-5-3-4-7(10)6-8/h3-6H,2H2,1H3,(H,11,12). The molecule has 0 saturated heterocycles. The summed E-state index contributed by atoms with van der Waals surface area (Å²) in [5.74, 6) is 0. The van der Waals surface area contributed by atoms with Crippen LogP contribution in [0.3, 0.4) is 0 Å². The third-order valence-corrected chi connectivity index (χ3v) is 2.06. The average Bonchev–Trinajstić information content (AvgIpc) is 2.04. The molecular weight excluding hydrogens is 190 g/mol. The Morgan fingerprint density at radius 2 is 2.33 bits per heavy atom. The molecule has 1 aromatic carbocycles. The van der Waals surface area contributed by atoms with Crippen LogP contribution < -0.4 is 5.32 Å². The molecule has 12 heavy (non-hydrogen) atoms. The van der Waals surface area contributed by atoms with Crippen molar-refractivity contribution in [3.8, 4) is 0 Å². The number of halogens is 1. The molecule has 1 aromatic rings. The molecule has 0 spiro atoms. The Morgan fingerprint density at radius 3 is 2.92 bits per heavy atom. The van der Waals surface area contributed by atoms with Crippen molar-refractivity contribution in [1.29, 1.82) is 0 Å². The predicted molar refractivity (Wildman–Crippen MR) is 58.0 cm³/mol. The summed E-state index contributed by atoms with van der Waals surface area (Å²) >= 11 is 10.8. The highest BCUT2D eigenvalue weighted by Gasteiger charge is 1.94. The fraction of sp³-hybridized carbons (Fsp3) is 0.222. The van der Waals surface area contributed by atoms with Gasteiger partial charge in [0.1, 0.15) is 0 Å². The maximum Gasteiger partial charge on any atom is 0.0794 e. The molecule has 3 heteroatoms. The van der Waals surface area contributed by atoms with E-state index in [2.05, 4.69) is 5.32 Å². The molecule has 1 nitrogen and oxygen atoms in total. The molecule has 0 radical (unpaired) electrons. The summed E-state index contributed by atoms with van der Waals surface area (Å²) < 4.78 is 0. The Hall–Kier alpha value is -0.600. The molecule has 1 rings (SSSR count). The summed E-state index contributed by atoms with van der Waals surface area (Å²) in [6.07, 6.45) is 0.849. The van der Waals surface area contributed by atoms with Gasteiger partial charge in [-0.1, -0.05) is 36.8 Å². The fourth-order valence-corrected chi connectivity index (χ4v) is 1.12. The van der Waals surface area contributed by atoms with Crippen molar-refractivity contribution in [1.82, 2.24) is 0 Å². The van der Waals surface area contributed by atoms with Gasteiger partial charge in [0.25, 0.3) is 0 Å². The van der Waals surface area contributed by atoms with Gasteiger partial charge >= 0.3 is 0 Å². The predicted octanol–water partition coefficient (Wildman–Crippen LogP) is 3.49. The second-order valence-electron chi connectivity index (χ2n) is 2.41. The molecule has 0 heterocycles. The lowest BCUT2D eigenvalue weighted by molar-refractivity contribution is 1.31. The maximum atomic E-state index is 5.79. The van der Waals surface area contributed by atoms with Gasteiger partial charge in [-0.15, -0.1) is 0 Å². The van der Waals surface area contributed by atoms with Crippen LogP contribution in [0.2, 0.25) is 5.02 Å².